The first kappa shape index (κ1) is 13.4. The Morgan fingerprint density at radius 2 is 1.89 bits per heavy atom. The van der Waals surface area contributed by atoms with E-state index in [1.54, 1.807) is 12.1 Å². The average molecular weight is 272 g/mol. The summed E-state index contributed by atoms with van der Waals surface area (Å²) < 4.78 is 0. The van der Waals surface area contributed by atoms with E-state index >= 15 is 0 Å². The Labute approximate surface area is 117 Å². The van der Waals surface area contributed by atoms with Crippen LogP contribution in [0.1, 0.15) is 11.1 Å². The van der Waals surface area contributed by atoms with Crippen LogP contribution in [0.2, 0.25) is 5.02 Å². The second kappa shape index (κ2) is 6.21. The predicted octanol–water partition coefficient (Wildman–Crippen LogP) is 4.30. The smallest absolute Gasteiger partial charge is 0.248 e. The maximum atomic E-state index is 11.7. The van der Waals surface area contributed by atoms with Crippen LogP contribution in [0.15, 0.2) is 54.6 Å². The number of hydrogen-bond donors (Lipinski definition) is 1. The molecule has 0 fully saturated rings. The summed E-state index contributed by atoms with van der Waals surface area (Å²) in [6.45, 7) is 1.92. The second-order valence-electron chi connectivity index (χ2n) is 4.20. The minimum atomic E-state index is -0.177. The number of nitrogens with one attached hydrogen (secondary N) is 1. The lowest BCUT2D eigenvalue weighted by atomic mass is 10.2. The lowest BCUT2D eigenvalue weighted by molar-refractivity contribution is -0.111. The summed E-state index contributed by atoms with van der Waals surface area (Å²) >= 11 is 6.00. The van der Waals surface area contributed by atoms with Crippen LogP contribution in [-0.4, -0.2) is 5.91 Å². The third kappa shape index (κ3) is 3.97. The largest absolute Gasteiger partial charge is 0.322 e. The quantitative estimate of drug-likeness (QED) is 0.829. The molecule has 19 heavy (non-hydrogen) atoms. The zero-order chi connectivity index (χ0) is 13.7. The van der Waals surface area contributed by atoms with Gasteiger partial charge in [-0.15, -0.1) is 0 Å². The average Bonchev–Trinajstić information content (AvgIpc) is 2.42. The Morgan fingerprint density at radius 1 is 1.16 bits per heavy atom. The van der Waals surface area contributed by atoms with Crippen molar-refractivity contribution in [3.05, 3.63) is 70.8 Å². The molecule has 0 aromatic heterocycles. The van der Waals surface area contributed by atoms with Crippen LogP contribution in [0, 0.1) is 6.92 Å². The van der Waals surface area contributed by atoms with E-state index < -0.39 is 0 Å². The number of rotatable bonds is 3. The normalized spacial score (nSPS) is 10.6. The van der Waals surface area contributed by atoms with Crippen molar-refractivity contribution in [2.75, 3.05) is 5.32 Å². The summed E-state index contributed by atoms with van der Waals surface area (Å²) in [6.07, 6.45) is 3.27. The summed E-state index contributed by atoms with van der Waals surface area (Å²) in [5.41, 5.74) is 2.66. The molecule has 0 aliphatic heterocycles. The number of halogens is 1. The maximum Gasteiger partial charge on any atom is 0.248 e. The molecule has 0 aliphatic rings. The maximum absolute atomic E-state index is 11.7. The van der Waals surface area contributed by atoms with Crippen molar-refractivity contribution in [1.29, 1.82) is 0 Å². The molecule has 0 radical (unpaired) electrons. The van der Waals surface area contributed by atoms with Crippen molar-refractivity contribution >= 4 is 29.3 Å². The van der Waals surface area contributed by atoms with Gasteiger partial charge < -0.3 is 5.32 Å². The minimum absolute atomic E-state index is 0.177. The first-order valence-electron chi connectivity index (χ1n) is 5.95. The lowest BCUT2D eigenvalue weighted by Crippen LogP contribution is -2.07. The number of hydrogen-bond acceptors (Lipinski definition) is 1. The van der Waals surface area contributed by atoms with Gasteiger partial charge in [0.15, 0.2) is 0 Å². The van der Waals surface area contributed by atoms with Crippen molar-refractivity contribution in [3.63, 3.8) is 0 Å². The summed E-state index contributed by atoms with van der Waals surface area (Å²) in [5, 5.41) is 3.41. The van der Waals surface area contributed by atoms with E-state index in [0.717, 1.165) is 11.1 Å². The Balaban J connectivity index is 2.01. The minimum Gasteiger partial charge on any atom is -0.322 e. The molecule has 0 spiro atoms. The van der Waals surface area contributed by atoms with E-state index in [9.17, 15) is 4.79 Å². The fourth-order valence-electron chi connectivity index (χ4n) is 1.59. The summed E-state index contributed by atoms with van der Waals surface area (Å²) in [4.78, 5) is 11.7. The van der Waals surface area contributed by atoms with Gasteiger partial charge in [-0.25, -0.2) is 0 Å². The van der Waals surface area contributed by atoms with Gasteiger partial charge in [0.05, 0.1) is 0 Å². The molecule has 0 atom stereocenters. The first-order chi connectivity index (χ1) is 9.15. The molecule has 0 bridgehead atoms. The van der Waals surface area contributed by atoms with Gasteiger partial charge in [0.2, 0.25) is 5.91 Å². The highest BCUT2D eigenvalue weighted by molar-refractivity contribution is 6.31. The zero-order valence-electron chi connectivity index (χ0n) is 10.6. The number of amides is 1. The molecular formula is C16H14ClNO. The van der Waals surface area contributed by atoms with E-state index in [-0.39, 0.29) is 5.91 Å². The van der Waals surface area contributed by atoms with Crippen LogP contribution < -0.4 is 5.32 Å². The van der Waals surface area contributed by atoms with Crippen LogP contribution in [0.25, 0.3) is 6.08 Å². The lowest BCUT2D eigenvalue weighted by Gasteiger charge is -2.04. The molecular weight excluding hydrogens is 258 g/mol. The molecule has 1 N–H and O–H groups in total. The van der Waals surface area contributed by atoms with Gasteiger partial charge in [0.25, 0.3) is 0 Å². The number of benzene rings is 2. The Morgan fingerprint density at radius 3 is 2.58 bits per heavy atom. The van der Waals surface area contributed by atoms with Gasteiger partial charge in [-0.1, -0.05) is 48.0 Å². The van der Waals surface area contributed by atoms with E-state index in [4.69, 9.17) is 11.6 Å². The molecule has 2 aromatic carbocycles. The van der Waals surface area contributed by atoms with E-state index in [2.05, 4.69) is 5.32 Å². The third-order valence-corrected chi connectivity index (χ3v) is 3.07. The number of carbonyl (C=O) groups excluding carboxylic acids is 1. The highest BCUT2D eigenvalue weighted by atomic mass is 35.5. The van der Waals surface area contributed by atoms with Crippen LogP contribution in [-0.2, 0) is 4.79 Å². The van der Waals surface area contributed by atoms with Crippen molar-refractivity contribution < 1.29 is 4.79 Å². The van der Waals surface area contributed by atoms with Crippen LogP contribution in [0.4, 0.5) is 5.69 Å². The highest BCUT2D eigenvalue weighted by Gasteiger charge is 2.00. The topological polar surface area (TPSA) is 29.1 Å². The van der Waals surface area contributed by atoms with Crippen molar-refractivity contribution in [1.82, 2.24) is 0 Å². The Hall–Kier alpha value is -2.06. The van der Waals surface area contributed by atoms with Crippen molar-refractivity contribution in [2.24, 2.45) is 0 Å². The van der Waals surface area contributed by atoms with Gasteiger partial charge in [-0.2, -0.15) is 0 Å². The van der Waals surface area contributed by atoms with Crippen molar-refractivity contribution in [2.45, 2.75) is 6.92 Å². The van der Waals surface area contributed by atoms with Crippen LogP contribution in [0.3, 0.4) is 0 Å². The van der Waals surface area contributed by atoms with Gasteiger partial charge in [0.1, 0.15) is 0 Å². The monoisotopic (exact) mass is 271 g/mol. The Bertz CT molecular complexity index is 605. The summed E-state index contributed by atoms with van der Waals surface area (Å²) in [7, 11) is 0. The SMILES string of the molecule is Cc1ccc(NC(=O)/C=C/c2ccccc2)cc1Cl. The molecule has 0 aliphatic carbocycles. The molecule has 0 unspecified atom stereocenters. The number of carbonyl (C=O) groups is 1. The van der Waals surface area contributed by atoms with E-state index in [1.807, 2.05) is 49.4 Å². The number of anilines is 1. The molecule has 0 saturated heterocycles. The second-order valence-corrected chi connectivity index (χ2v) is 4.60. The van der Waals surface area contributed by atoms with Crippen LogP contribution in [0.5, 0.6) is 0 Å². The standard InChI is InChI=1S/C16H14ClNO/c1-12-7-9-14(11-15(12)17)18-16(19)10-8-13-5-3-2-4-6-13/h2-11H,1H3,(H,18,19)/b10-8+. The van der Waals surface area contributed by atoms with E-state index in [0.29, 0.717) is 10.7 Å². The molecule has 0 heterocycles. The molecule has 2 aromatic rings. The molecule has 3 heteroatoms. The van der Waals surface area contributed by atoms with E-state index in [1.165, 1.54) is 6.08 Å². The van der Waals surface area contributed by atoms with Crippen molar-refractivity contribution in [3.8, 4) is 0 Å². The first-order valence-corrected chi connectivity index (χ1v) is 6.33. The number of aryl methyl sites for hydroxylation is 1. The molecule has 1 amide bonds. The van der Waals surface area contributed by atoms with Gasteiger partial charge >= 0.3 is 0 Å². The molecule has 2 rings (SSSR count). The van der Waals surface area contributed by atoms with Crippen LogP contribution >= 0.6 is 11.6 Å². The molecule has 2 nitrogen and oxygen atoms in total. The summed E-state index contributed by atoms with van der Waals surface area (Å²) in [6, 6.07) is 15.1. The predicted molar refractivity (Wildman–Crippen MR) is 80.3 cm³/mol. The molecule has 96 valence electrons. The highest BCUT2D eigenvalue weighted by Crippen LogP contribution is 2.19. The summed E-state index contributed by atoms with van der Waals surface area (Å²) in [5.74, 6) is -0.177. The van der Waals surface area contributed by atoms with Gasteiger partial charge in [-0.3, -0.25) is 4.79 Å². The molecule has 0 saturated carbocycles. The van der Waals surface area contributed by atoms with Gasteiger partial charge in [0, 0.05) is 16.8 Å². The van der Waals surface area contributed by atoms with Gasteiger partial charge in [-0.05, 0) is 36.3 Å². The third-order valence-electron chi connectivity index (χ3n) is 2.67. The fraction of sp³-hybridized carbons (Fsp3) is 0.0625. The Kier molecular flexibility index (Phi) is 4.37. The fourth-order valence-corrected chi connectivity index (χ4v) is 1.77. The zero-order valence-corrected chi connectivity index (χ0v) is 11.3.